The number of benzene rings is 2. The van der Waals surface area contributed by atoms with Gasteiger partial charge in [0.2, 0.25) is 0 Å². The van der Waals surface area contributed by atoms with Gasteiger partial charge in [0.15, 0.2) is 0 Å². The van der Waals surface area contributed by atoms with Crippen LogP contribution in [-0.4, -0.2) is 22.2 Å². The highest BCUT2D eigenvalue weighted by Gasteiger charge is 2.23. The molecule has 0 heterocycles. The van der Waals surface area contributed by atoms with Gasteiger partial charge < -0.3 is 10.2 Å². The summed E-state index contributed by atoms with van der Waals surface area (Å²) in [4.78, 5) is 22.9. The number of carboxylic acids is 2. The summed E-state index contributed by atoms with van der Waals surface area (Å²) in [6.45, 7) is 3.14. The maximum atomic E-state index is 11.6. The molecule has 4 nitrogen and oxygen atoms in total. The number of carbonyl (C=O) groups is 2. The van der Waals surface area contributed by atoms with Gasteiger partial charge in [-0.3, -0.25) is 0 Å². The van der Waals surface area contributed by atoms with Crippen molar-refractivity contribution in [1.29, 1.82) is 0 Å². The highest BCUT2D eigenvalue weighted by atomic mass is 35.5. The average Bonchev–Trinajstić information content (AvgIpc) is 2.37. The van der Waals surface area contributed by atoms with Gasteiger partial charge in [-0.15, -0.1) is 0 Å². The zero-order valence-electron chi connectivity index (χ0n) is 11.5. The van der Waals surface area contributed by atoms with Gasteiger partial charge in [-0.2, -0.15) is 0 Å². The van der Waals surface area contributed by atoms with Crippen molar-refractivity contribution in [2.24, 2.45) is 0 Å². The number of carboxylic acid groups (broad SMARTS) is 2. The average molecular weight is 305 g/mol. The molecule has 0 aromatic heterocycles. The predicted octanol–water partition coefficient (Wildman–Crippen LogP) is 4.02. The quantitative estimate of drug-likeness (QED) is 0.898. The minimum Gasteiger partial charge on any atom is -0.478 e. The molecule has 0 atom stereocenters. The van der Waals surface area contributed by atoms with E-state index >= 15 is 0 Å². The number of aromatic carboxylic acids is 2. The standard InChI is InChI=1S/C16H13ClO4/c1-8-7-11(10-5-3-4-6-12(10)17)14(16(20)21)9(2)13(8)15(18)19/h3-7H,1-2H3,(H,18,19)(H,20,21). The van der Waals surface area contributed by atoms with Crippen molar-refractivity contribution >= 4 is 23.5 Å². The SMILES string of the molecule is Cc1cc(-c2ccccc2Cl)c(C(=O)O)c(C)c1C(=O)O. The number of rotatable bonds is 3. The summed E-state index contributed by atoms with van der Waals surface area (Å²) in [6.07, 6.45) is 0. The molecule has 0 fully saturated rings. The third-order valence-electron chi connectivity index (χ3n) is 3.37. The van der Waals surface area contributed by atoms with Gasteiger partial charge in [0, 0.05) is 10.6 Å². The van der Waals surface area contributed by atoms with Gasteiger partial charge >= 0.3 is 11.9 Å². The van der Waals surface area contributed by atoms with E-state index in [1.807, 2.05) is 0 Å². The summed E-state index contributed by atoms with van der Waals surface area (Å²) in [5.41, 5.74) is 1.70. The van der Waals surface area contributed by atoms with E-state index in [4.69, 9.17) is 11.6 Å². The normalized spacial score (nSPS) is 10.4. The third kappa shape index (κ3) is 2.62. The maximum absolute atomic E-state index is 11.6. The predicted molar refractivity (Wildman–Crippen MR) is 80.3 cm³/mol. The Bertz CT molecular complexity index is 750. The lowest BCUT2D eigenvalue weighted by atomic mass is 9.89. The summed E-state index contributed by atoms with van der Waals surface area (Å²) in [5, 5.41) is 19.1. The molecule has 0 saturated heterocycles. The smallest absolute Gasteiger partial charge is 0.336 e. The van der Waals surface area contributed by atoms with Gasteiger partial charge in [0.05, 0.1) is 11.1 Å². The van der Waals surface area contributed by atoms with Crippen LogP contribution < -0.4 is 0 Å². The third-order valence-corrected chi connectivity index (χ3v) is 3.70. The van der Waals surface area contributed by atoms with Crippen LogP contribution in [0.15, 0.2) is 30.3 Å². The van der Waals surface area contributed by atoms with Gasteiger partial charge in [0.1, 0.15) is 0 Å². The van der Waals surface area contributed by atoms with Crippen LogP contribution in [0.5, 0.6) is 0 Å². The molecule has 2 aromatic rings. The molecule has 2 N–H and O–H groups in total. The van der Waals surface area contributed by atoms with Crippen molar-refractivity contribution < 1.29 is 19.8 Å². The molecule has 0 radical (unpaired) electrons. The van der Waals surface area contributed by atoms with Crippen molar-refractivity contribution in [3.8, 4) is 11.1 Å². The van der Waals surface area contributed by atoms with Crippen LogP contribution in [0.25, 0.3) is 11.1 Å². The van der Waals surface area contributed by atoms with Crippen LogP contribution in [-0.2, 0) is 0 Å². The highest BCUT2D eigenvalue weighted by Crippen LogP contribution is 2.34. The Morgan fingerprint density at radius 3 is 2.05 bits per heavy atom. The second-order valence-electron chi connectivity index (χ2n) is 4.71. The van der Waals surface area contributed by atoms with E-state index in [9.17, 15) is 19.8 Å². The number of hydrogen-bond donors (Lipinski definition) is 2. The second-order valence-corrected chi connectivity index (χ2v) is 5.11. The molecule has 21 heavy (non-hydrogen) atoms. The molecule has 0 bridgehead atoms. The monoisotopic (exact) mass is 304 g/mol. The fourth-order valence-corrected chi connectivity index (χ4v) is 2.72. The molecule has 0 aliphatic carbocycles. The topological polar surface area (TPSA) is 74.6 Å². The first-order chi connectivity index (χ1) is 9.84. The molecule has 0 spiro atoms. The van der Waals surface area contributed by atoms with Crippen LogP contribution in [0.4, 0.5) is 0 Å². The molecule has 0 saturated carbocycles. The maximum Gasteiger partial charge on any atom is 0.336 e. The first kappa shape index (κ1) is 15.1. The minimum absolute atomic E-state index is 0.0169. The van der Waals surface area contributed by atoms with Crippen LogP contribution in [0.1, 0.15) is 31.8 Å². The van der Waals surface area contributed by atoms with E-state index in [0.29, 0.717) is 21.7 Å². The summed E-state index contributed by atoms with van der Waals surface area (Å²) >= 11 is 6.13. The van der Waals surface area contributed by atoms with Crippen LogP contribution in [0.2, 0.25) is 5.02 Å². The Morgan fingerprint density at radius 1 is 0.952 bits per heavy atom. The van der Waals surface area contributed by atoms with E-state index in [1.165, 1.54) is 6.92 Å². The molecule has 5 heteroatoms. The van der Waals surface area contributed by atoms with Gasteiger partial charge in [0.25, 0.3) is 0 Å². The summed E-state index contributed by atoms with van der Waals surface area (Å²) < 4.78 is 0. The lowest BCUT2D eigenvalue weighted by molar-refractivity contribution is 0.0695. The molecule has 2 aromatic carbocycles. The lowest BCUT2D eigenvalue weighted by Gasteiger charge is -2.15. The van der Waals surface area contributed by atoms with E-state index in [0.717, 1.165) is 0 Å². The fourth-order valence-electron chi connectivity index (χ4n) is 2.48. The zero-order valence-corrected chi connectivity index (χ0v) is 12.2. The van der Waals surface area contributed by atoms with Crippen molar-refractivity contribution in [2.45, 2.75) is 13.8 Å². The molecular weight excluding hydrogens is 292 g/mol. The summed E-state index contributed by atoms with van der Waals surface area (Å²) in [6, 6.07) is 8.43. The Balaban J connectivity index is 2.88. The molecular formula is C16H13ClO4. The first-order valence-corrected chi connectivity index (χ1v) is 6.58. The molecule has 0 amide bonds. The Labute approximate surface area is 126 Å². The van der Waals surface area contributed by atoms with Crippen molar-refractivity contribution in [3.63, 3.8) is 0 Å². The summed E-state index contributed by atoms with van der Waals surface area (Å²) in [7, 11) is 0. The number of halogens is 1. The Morgan fingerprint density at radius 2 is 1.52 bits per heavy atom. The van der Waals surface area contributed by atoms with Gasteiger partial charge in [-0.25, -0.2) is 9.59 Å². The Hall–Kier alpha value is -2.33. The molecule has 0 aliphatic heterocycles. The minimum atomic E-state index is -1.18. The molecule has 0 unspecified atom stereocenters. The van der Waals surface area contributed by atoms with Crippen molar-refractivity contribution in [1.82, 2.24) is 0 Å². The fraction of sp³-hybridized carbons (Fsp3) is 0.125. The zero-order chi connectivity index (χ0) is 15.7. The van der Waals surface area contributed by atoms with Gasteiger partial charge in [-0.1, -0.05) is 29.8 Å². The van der Waals surface area contributed by atoms with E-state index < -0.39 is 11.9 Å². The second kappa shape index (κ2) is 5.58. The lowest BCUT2D eigenvalue weighted by Crippen LogP contribution is -2.11. The van der Waals surface area contributed by atoms with Crippen LogP contribution in [0.3, 0.4) is 0 Å². The number of hydrogen-bond acceptors (Lipinski definition) is 2. The Kier molecular flexibility index (Phi) is 4.00. The van der Waals surface area contributed by atoms with E-state index in [1.54, 1.807) is 37.3 Å². The molecule has 108 valence electrons. The van der Waals surface area contributed by atoms with Gasteiger partial charge in [-0.05, 0) is 42.7 Å². The van der Waals surface area contributed by atoms with Crippen molar-refractivity contribution in [2.75, 3.05) is 0 Å². The first-order valence-electron chi connectivity index (χ1n) is 6.20. The molecule has 2 rings (SSSR count). The van der Waals surface area contributed by atoms with E-state index in [2.05, 4.69) is 0 Å². The molecule has 0 aliphatic rings. The summed E-state index contributed by atoms with van der Waals surface area (Å²) in [5.74, 6) is -2.32. The van der Waals surface area contributed by atoms with Crippen LogP contribution >= 0.6 is 11.6 Å². The largest absolute Gasteiger partial charge is 0.478 e. The number of aryl methyl sites for hydroxylation is 1. The van der Waals surface area contributed by atoms with E-state index in [-0.39, 0.29) is 16.7 Å². The van der Waals surface area contributed by atoms with Crippen molar-refractivity contribution in [3.05, 3.63) is 57.6 Å². The van der Waals surface area contributed by atoms with Crippen LogP contribution in [0, 0.1) is 13.8 Å². The highest BCUT2D eigenvalue weighted by molar-refractivity contribution is 6.33.